The van der Waals surface area contributed by atoms with Crippen LogP contribution in [0.3, 0.4) is 0 Å². The van der Waals surface area contributed by atoms with E-state index in [9.17, 15) is 5.11 Å². The Balaban J connectivity index is 1.64. The molecule has 0 aliphatic carbocycles. The van der Waals surface area contributed by atoms with Crippen molar-refractivity contribution < 1.29 is 9.84 Å². The number of nitrogens with one attached hydrogen (secondary N) is 1. The average molecular weight is 299 g/mol. The highest BCUT2D eigenvalue weighted by molar-refractivity contribution is 5.40. The summed E-state index contributed by atoms with van der Waals surface area (Å²) in [5, 5.41) is 12.4. The first-order valence-electron chi connectivity index (χ1n) is 7.50. The van der Waals surface area contributed by atoms with Crippen LogP contribution in [-0.4, -0.2) is 41.7 Å². The van der Waals surface area contributed by atoms with Gasteiger partial charge in [-0.2, -0.15) is 0 Å². The van der Waals surface area contributed by atoms with Gasteiger partial charge in [0.15, 0.2) is 0 Å². The molecule has 2 aromatic rings. The minimum Gasteiger partial charge on any atom is -0.508 e. The molecule has 1 atom stereocenters. The van der Waals surface area contributed by atoms with E-state index in [1.807, 2.05) is 37.5 Å². The fourth-order valence-electron chi connectivity index (χ4n) is 2.63. The van der Waals surface area contributed by atoms with E-state index in [4.69, 9.17) is 4.74 Å². The number of rotatable bonds is 4. The van der Waals surface area contributed by atoms with Gasteiger partial charge in [0.05, 0.1) is 24.2 Å². The maximum Gasteiger partial charge on any atom is 0.115 e. The maximum absolute atomic E-state index is 9.35. The summed E-state index contributed by atoms with van der Waals surface area (Å²) in [6.07, 6.45) is 1.84. The lowest BCUT2D eigenvalue weighted by Gasteiger charge is -2.32. The lowest BCUT2D eigenvalue weighted by atomic mass is 10.1. The van der Waals surface area contributed by atoms with Crippen LogP contribution in [0, 0.1) is 0 Å². The van der Waals surface area contributed by atoms with Crippen molar-refractivity contribution in [2.24, 2.45) is 0 Å². The number of pyridine rings is 1. The van der Waals surface area contributed by atoms with Crippen molar-refractivity contribution in [3.63, 3.8) is 0 Å². The van der Waals surface area contributed by atoms with E-state index >= 15 is 0 Å². The van der Waals surface area contributed by atoms with Crippen LogP contribution < -0.4 is 5.32 Å². The number of aromatic hydroxyl groups is 1. The number of benzene rings is 1. The van der Waals surface area contributed by atoms with E-state index in [0.717, 1.165) is 31.0 Å². The summed E-state index contributed by atoms with van der Waals surface area (Å²) < 4.78 is 5.86. The van der Waals surface area contributed by atoms with Gasteiger partial charge in [-0.1, -0.05) is 12.1 Å². The molecular formula is C17H21N3O2. The van der Waals surface area contributed by atoms with E-state index in [1.54, 1.807) is 12.1 Å². The Morgan fingerprint density at radius 1 is 1.27 bits per heavy atom. The SMILES string of the molecule is CNc1ccc(C2CN(Cc3ccc(O)cc3)CCO2)nc1. The van der Waals surface area contributed by atoms with Crippen molar-refractivity contribution in [2.75, 3.05) is 32.1 Å². The van der Waals surface area contributed by atoms with Crippen LogP contribution in [0.15, 0.2) is 42.6 Å². The molecule has 5 nitrogen and oxygen atoms in total. The number of anilines is 1. The van der Waals surface area contributed by atoms with Crippen LogP contribution >= 0.6 is 0 Å². The minimum absolute atomic E-state index is 0.0109. The molecule has 2 N–H and O–H groups in total. The Morgan fingerprint density at radius 2 is 2.09 bits per heavy atom. The van der Waals surface area contributed by atoms with E-state index in [0.29, 0.717) is 12.4 Å². The molecule has 3 rings (SSSR count). The zero-order valence-corrected chi connectivity index (χ0v) is 12.7. The molecule has 0 saturated carbocycles. The van der Waals surface area contributed by atoms with E-state index in [-0.39, 0.29) is 6.10 Å². The Bertz CT molecular complexity index is 598. The molecule has 0 spiro atoms. The van der Waals surface area contributed by atoms with E-state index in [1.165, 1.54) is 5.56 Å². The summed E-state index contributed by atoms with van der Waals surface area (Å²) in [5.74, 6) is 0.303. The van der Waals surface area contributed by atoms with Gasteiger partial charge in [-0.05, 0) is 29.8 Å². The van der Waals surface area contributed by atoms with Gasteiger partial charge in [0.2, 0.25) is 0 Å². The second-order valence-electron chi connectivity index (χ2n) is 5.48. The standard InChI is InChI=1S/C17H21N3O2/c1-18-14-4-7-16(19-10-14)17-12-20(8-9-22-17)11-13-2-5-15(21)6-3-13/h2-7,10,17-18,21H,8-9,11-12H2,1H3. The van der Waals surface area contributed by atoms with Gasteiger partial charge in [-0.3, -0.25) is 9.88 Å². The third-order valence-corrected chi connectivity index (χ3v) is 3.90. The second kappa shape index (κ2) is 6.77. The van der Waals surface area contributed by atoms with E-state index in [2.05, 4.69) is 15.2 Å². The number of aromatic nitrogens is 1. The van der Waals surface area contributed by atoms with Crippen molar-refractivity contribution in [3.8, 4) is 5.75 Å². The number of ether oxygens (including phenoxy) is 1. The summed E-state index contributed by atoms with van der Waals surface area (Å²) in [5.41, 5.74) is 3.16. The van der Waals surface area contributed by atoms with Gasteiger partial charge in [-0.15, -0.1) is 0 Å². The third-order valence-electron chi connectivity index (χ3n) is 3.90. The lowest BCUT2D eigenvalue weighted by molar-refractivity contribution is -0.0349. The predicted octanol–water partition coefficient (Wildman–Crippen LogP) is 2.40. The number of phenolic OH excluding ortho intramolecular Hbond substituents is 1. The first-order valence-corrected chi connectivity index (χ1v) is 7.50. The maximum atomic E-state index is 9.35. The molecule has 1 aliphatic heterocycles. The first kappa shape index (κ1) is 14.8. The van der Waals surface area contributed by atoms with Gasteiger partial charge >= 0.3 is 0 Å². The molecule has 116 valence electrons. The largest absolute Gasteiger partial charge is 0.508 e. The van der Waals surface area contributed by atoms with Crippen LogP contribution in [0.25, 0.3) is 0 Å². The number of hydrogen-bond acceptors (Lipinski definition) is 5. The molecule has 2 heterocycles. The van der Waals surface area contributed by atoms with Gasteiger partial charge in [0, 0.05) is 26.7 Å². The summed E-state index contributed by atoms with van der Waals surface area (Å²) in [7, 11) is 1.88. The third kappa shape index (κ3) is 3.55. The van der Waals surface area contributed by atoms with Crippen molar-refractivity contribution >= 4 is 5.69 Å². The zero-order valence-electron chi connectivity index (χ0n) is 12.7. The van der Waals surface area contributed by atoms with Crippen LogP contribution in [0.1, 0.15) is 17.4 Å². The quantitative estimate of drug-likeness (QED) is 0.908. The predicted molar refractivity (Wildman–Crippen MR) is 85.9 cm³/mol. The van der Waals surface area contributed by atoms with Crippen LogP contribution in [0.5, 0.6) is 5.75 Å². The van der Waals surface area contributed by atoms with Crippen molar-refractivity contribution in [1.82, 2.24) is 9.88 Å². The monoisotopic (exact) mass is 299 g/mol. The van der Waals surface area contributed by atoms with Gasteiger partial charge in [0.1, 0.15) is 11.9 Å². The summed E-state index contributed by atoms with van der Waals surface area (Å²) in [6.45, 7) is 3.30. The highest BCUT2D eigenvalue weighted by Crippen LogP contribution is 2.23. The molecule has 1 aliphatic rings. The molecule has 1 unspecified atom stereocenters. The second-order valence-corrected chi connectivity index (χ2v) is 5.48. The van der Waals surface area contributed by atoms with Crippen LogP contribution in [0.4, 0.5) is 5.69 Å². The van der Waals surface area contributed by atoms with Crippen molar-refractivity contribution in [2.45, 2.75) is 12.6 Å². The fourth-order valence-corrected chi connectivity index (χ4v) is 2.63. The number of morpholine rings is 1. The Labute approximate surface area is 130 Å². The molecule has 0 radical (unpaired) electrons. The molecule has 1 aromatic heterocycles. The Kier molecular flexibility index (Phi) is 4.56. The van der Waals surface area contributed by atoms with Crippen LogP contribution in [-0.2, 0) is 11.3 Å². The Morgan fingerprint density at radius 3 is 2.77 bits per heavy atom. The van der Waals surface area contributed by atoms with Gasteiger partial charge in [0.25, 0.3) is 0 Å². The highest BCUT2D eigenvalue weighted by atomic mass is 16.5. The summed E-state index contributed by atoms with van der Waals surface area (Å²) in [4.78, 5) is 6.83. The summed E-state index contributed by atoms with van der Waals surface area (Å²) in [6, 6.07) is 11.4. The number of phenols is 1. The molecule has 5 heteroatoms. The van der Waals surface area contributed by atoms with Crippen LogP contribution in [0.2, 0.25) is 0 Å². The lowest BCUT2D eigenvalue weighted by Crippen LogP contribution is -2.38. The highest BCUT2D eigenvalue weighted by Gasteiger charge is 2.22. The minimum atomic E-state index is 0.0109. The molecular weight excluding hydrogens is 278 g/mol. The molecule has 1 saturated heterocycles. The molecule has 1 aromatic carbocycles. The molecule has 0 amide bonds. The fraction of sp³-hybridized carbons (Fsp3) is 0.353. The van der Waals surface area contributed by atoms with Crippen molar-refractivity contribution in [3.05, 3.63) is 53.9 Å². The molecule has 0 bridgehead atoms. The topological polar surface area (TPSA) is 57.6 Å². The normalized spacial score (nSPS) is 19.0. The number of hydrogen-bond donors (Lipinski definition) is 2. The molecule has 1 fully saturated rings. The van der Waals surface area contributed by atoms with Crippen molar-refractivity contribution in [1.29, 1.82) is 0 Å². The zero-order chi connectivity index (χ0) is 15.4. The van der Waals surface area contributed by atoms with E-state index < -0.39 is 0 Å². The average Bonchev–Trinajstić information content (AvgIpc) is 2.57. The van der Waals surface area contributed by atoms with Gasteiger partial charge in [-0.25, -0.2) is 0 Å². The first-order chi connectivity index (χ1) is 10.7. The smallest absolute Gasteiger partial charge is 0.115 e. The van der Waals surface area contributed by atoms with Gasteiger partial charge < -0.3 is 15.2 Å². The Hall–Kier alpha value is -2.11. The number of nitrogens with zero attached hydrogens (tertiary/aromatic N) is 2. The molecule has 22 heavy (non-hydrogen) atoms. The summed E-state index contributed by atoms with van der Waals surface area (Å²) >= 11 is 0.